The molecule has 0 saturated carbocycles. The fraction of sp³-hybridized carbons (Fsp3) is 0.360. The number of allylic oxidation sites excluding steroid dienone is 1. The van der Waals surface area contributed by atoms with E-state index in [0.29, 0.717) is 13.0 Å². The number of phenols is 1. The summed E-state index contributed by atoms with van der Waals surface area (Å²) in [6.07, 6.45) is 4.31. The SMILES string of the molecule is C=C[C@H]([C@H](O)CC/C(=C/c1ccc(O)cc1)CC)[C@H](O)COCc1ccccc1. The lowest BCUT2D eigenvalue weighted by Crippen LogP contribution is -2.33. The first-order chi connectivity index (χ1) is 14.0. The van der Waals surface area contributed by atoms with Crippen LogP contribution >= 0.6 is 0 Å². The molecule has 156 valence electrons. The monoisotopic (exact) mass is 396 g/mol. The van der Waals surface area contributed by atoms with Gasteiger partial charge in [-0.05, 0) is 42.5 Å². The molecule has 2 rings (SSSR count). The van der Waals surface area contributed by atoms with Gasteiger partial charge >= 0.3 is 0 Å². The molecule has 2 aromatic rings. The summed E-state index contributed by atoms with van der Waals surface area (Å²) in [5.41, 5.74) is 3.26. The third-order valence-electron chi connectivity index (χ3n) is 5.04. The van der Waals surface area contributed by atoms with E-state index in [2.05, 4.69) is 19.6 Å². The van der Waals surface area contributed by atoms with Gasteiger partial charge in [-0.15, -0.1) is 6.58 Å². The first kappa shape index (κ1) is 22.9. The Morgan fingerprint density at radius 3 is 2.34 bits per heavy atom. The predicted molar refractivity (Wildman–Crippen MR) is 117 cm³/mol. The zero-order valence-corrected chi connectivity index (χ0v) is 17.1. The van der Waals surface area contributed by atoms with Gasteiger partial charge in [0.05, 0.1) is 25.4 Å². The van der Waals surface area contributed by atoms with Crippen LogP contribution < -0.4 is 0 Å². The van der Waals surface area contributed by atoms with Gasteiger partial charge in [0, 0.05) is 5.92 Å². The van der Waals surface area contributed by atoms with Gasteiger partial charge in [0.1, 0.15) is 5.75 Å². The highest BCUT2D eigenvalue weighted by atomic mass is 16.5. The van der Waals surface area contributed by atoms with Crippen molar-refractivity contribution in [3.8, 4) is 5.75 Å². The Balaban J connectivity index is 1.84. The molecule has 0 spiro atoms. The second-order valence-corrected chi connectivity index (χ2v) is 7.23. The standard InChI is InChI=1S/C25H32O4/c1-3-19(16-20-10-13-22(26)14-11-20)12-15-24(27)23(4-2)25(28)18-29-17-21-8-6-5-7-9-21/h4-11,13-14,16,23-28H,2-3,12,15,17-18H2,1H3/b19-16+/t23-,24-,25-/m1/s1. The maximum atomic E-state index is 10.6. The zero-order valence-electron chi connectivity index (χ0n) is 17.1. The number of ether oxygens (including phenoxy) is 1. The number of phenolic OH excluding ortho intramolecular Hbond substituents is 1. The Labute approximate surface area is 173 Å². The van der Waals surface area contributed by atoms with Crippen LogP contribution in [0.5, 0.6) is 5.75 Å². The third kappa shape index (κ3) is 7.86. The molecule has 3 atom stereocenters. The van der Waals surface area contributed by atoms with Crippen LogP contribution in [0.1, 0.15) is 37.3 Å². The largest absolute Gasteiger partial charge is 0.508 e. The second kappa shape index (κ2) is 12.2. The van der Waals surface area contributed by atoms with E-state index in [1.165, 1.54) is 5.57 Å². The Kier molecular flexibility index (Phi) is 9.65. The van der Waals surface area contributed by atoms with Crippen molar-refractivity contribution in [2.75, 3.05) is 6.61 Å². The highest BCUT2D eigenvalue weighted by molar-refractivity contribution is 5.53. The number of hydrogen-bond donors (Lipinski definition) is 3. The summed E-state index contributed by atoms with van der Waals surface area (Å²) >= 11 is 0. The molecule has 4 heteroatoms. The van der Waals surface area contributed by atoms with E-state index >= 15 is 0 Å². The topological polar surface area (TPSA) is 69.9 Å². The molecule has 0 unspecified atom stereocenters. The van der Waals surface area contributed by atoms with Gasteiger partial charge < -0.3 is 20.1 Å². The van der Waals surface area contributed by atoms with Gasteiger partial charge in [-0.3, -0.25) is 0 Å². The molecule has 2 aromatic carbocycles. The number of aliphatic hydroxyl groups is 2. The quantitative estimate of drug-likeness (QED) is 0.455. The molecule has 0 bridgehead atoms. The maximum absolute atomic E-state index is 10.6. The van der Waals surface area contributed by atoms with Crippen LogP contribution in [-0.4, -0.2) is 34.1 Å². The van der Waals surface area contributed by atoms with Crippen LogP contribution in [-0.2, 0) is 11.3 Å². The fourth-order valence-corrected chi connectivity index (χ4v) is 3.24. The van der Waals surface area contributed by atoms with Gasteiger partial charge in [-0.2, -0.15) is 0 Å². The van der Waals surface area contributed by atoms with E-state index in [9.17, 15) is 15.3 Å². The summed E-state index contributed by atoms with van der Waals surface area (Å²) in [4.78, 5) is 0. The smallest absolute Gasteiger partial charge is 0.115 e. The highest BCUT2D eigenvalue weighted by Gasteiger charge is 2.24. The molecule has 29 heavy (non-hydrogen) atoms. The van der Waals surface area contributed by atoms with Crippen molar-refractivity contribution in [2.24, 2.45) is 5.92 Å². The lowest BCUT2D eigenvalue weighted by atomic mass is 9.91. The van der Waals surface area contributed by atoms with Gasteiger partial charge in [0.25, 0.3) is 0 Å². The Morgan fingerprint density at radius 1 is 1.03 bits per heavy atom. The van der Waals surface area contributed by atoms with Gasteiger partial charge in [0.2, 0.25) is 0 Å². The van der Waals surface area contributed by atoms with Crippen LogP contribution in [0.2, 0.25) is 0 Å². The average molecular weight is 397 g/mol. The summed E-state index contributed by atoms with van der Waals surface area (Å²) in [6.45, 7) is 6.43. The van der Waals surface area contributed by atoms with Crippen LogP contribution in [0.4, 0.5) is 0 Å². The molecule has 0 amide bonds. The van der Waals surface area contributed by atoms with Crippen LogP contribution in [0, 0.1) is 5.92 Å². The first-order valence-electron chi connectivity index (χ1n) is 10.1. The molecule has 0 aliphatic rings. The molecule has 0 radical (unpaired) electrons. The fourth-order valence-electron chi connectivity index (χ4n) is 3.24. The number of aromatic hydroxyl groups is 1. The van der Waals surface area contributed by atoms with E-state index in [1.54, 1.807) is 18.2 Å². The Hall–Kier alpha value is -2.40. The molecule has 0 saturated heterocycles. The number of hydrogen-bond acceptors (Lipinski definition) is 4. The molecule has 0 aromatic heterocycles. The van der Waals surface area contributed by atoms with Gasteiger partial charge in [0.15, 0.2) is 0 Å². The zero-order chi connectivity index (χ0) is 21.1. The van der Waals surface area contributed by atoms with Crippen molar-refractivity contribution in [2.45, 2.75) is 45.0 Å². The first-order valence-corrected chi connectivity index (χ1v) is 10.1. The van der Waals surface area contributed by atoms with Crippen molar-refractivity contribution < 1.29 is 20.1 Å². The van der Waals surface area contributed by atoms with Crippen molar-refractivity contribution in [1.82, 2.24) is 0 Å². The van der Waals surface area contributed by atoms with Crippen LogP contribution in [0.25, 0.3) is 6.08 Å². The van der Waals surface area contributed by atoms with Crippen molar-refractivity contribution in [3.05, 3.63) is 84.0 Å². The minimum absolute atomic E-state index is 0.145. The minimum atomic E-state index is -0.808. The number of aliphatic hydroxyl groups excluding tert-OH is 2. The van der Waals surface area contributed by atoms with Crippen LogP contribution in [0.15, 0.2) is 72.8 Å². The summed E-state index contributed by atoms with van der Waals surface area (Å²) in [7, 11) is 0. The molecular weight excluding hydrogens is 364 g/mol. The van der Waals surface area contributed by atoms with E-state index in [0.717, 1.165) is 24.0 Å². The maximum Gasteiger partial charge on any atom is 0.115 e. The molecule has 4 nitrogen and oxygen atoms in total. The summed E-state index contributed by atoms with van der Waals surface area (Å²) in [5, 5.41) is 30.4. The molecule has 0 heterocycles. The lowest BCUT2D eigenvalue weighted by molar-refractivity contribution is -0.0273. The van der Waals surface area contributed by atoms with Crippen molar-refractivity contribution in [3.63, 3.8) is 0 Å². The lowest BCUT2D eigenvalue weighted by Gasteiger charge is -2.25. The molecule has 0 aliphatic carbocycles. The average Bonchev–Trinajstić information content (AvgIpc) is 2.73. The van der Waals surface area contributed by atoms with Crippen LogP contribution in [0.3, 0.4) is 0 Å². The van der Waals surface area contributed by atoms with Gasteiger partial charge in [-0.25, -0.2) is 0 Å². The van der Waals surface area contributed by atoms with Gasteiger partial charge in [-0.1, -0.05) is 67.1 Å². The van der Waals surface area contributed by atoms with E-state index in [-0.39, 0.29) is 12.4 Å². The summed E-state index contributed by atoms with van der Waals surface area (Å²) in [5.74, 6) is -0.203. The normalized spacial score (nSPS) is 14.9. The van der Waals surface area contributed by atoms with Crippen molar-refractivity contribution >= 4 is 6.08 Å². The van der Waals surface area contributed by atoms with E-state index in [1.807, 2.05) is 42.5 Å². The summed E-state index contributed by atoms with van der Waals surface area (Å²) < 4.78 is 5.61. The summed E-state index contributed by atoms with van der Waals surface area (Å²) in [6, 6.07) is 16.8. The van der Waals surface area contributed by atoms with Crippen molar-refractivity contribution in [1.29, 1.82) is 0 Å². The molecular formula is C25H32O4. The highest BCUT2D eigenvalue weighted by Crippen LogP contribution is 2.22. The number of rotatable bonds is 12. The van der Waals surface area contributed by atoms with E-state index in [4.69, 9.17) is 4.74 Å². The molecule has 0 fully saturated rings. The molecule has 3 N–H and O–H groups in total. The third-order valence-corrected chi connectivity index (χ3v) is 5.04. The predicted octanol–water partition coefficient (Wildman–Crippen LogP) is 4.71. The second-order valence-electron chi connectivity index (χ2n) is 7.23. The Morgan fingerprint density at radius 2 is 1.72 bits per heavy atom. The number of benzene rings is 2. The molecule has 0 aliphatic heterocycles. The van der Waals surface area contributed by atoms with E-state index < -0.39 is 18.1 Å². The Bertz CT molecular complexity index is 752. The minimum Gasteiger partial charge on any atom is -0.508 e.